The normalized spacial score (nSPS) is 11.2. The summed E-state index contributed by atoms with van der Waals surface area (Å²) in [5.41, 5.74) is 4.38. The Morgan fingerprint density at radius 3 is 2.30 bits per heavy atom. The summed E-state index contributed by atoms with van der Waals surface area (Å²) in [5.74, 6) is 1.23. The number of rotatable bonds is 3. The molecule has 0 amide bonds. The molecule has 0 saturated carbocycles. The summed E-state index contributed by atoms with van der Waals surface area (Å²) in [6, 6.07) is 6.19. The zero-order valence-electron chi connectivity index (χ0n) is 12.2. The van der Waals surface area contributed by atoms with Gasteiger partial charge in [-0.15, -0.1) is 0 Å². The summed E-state index contributed by atoms with van der Waals surface area (Å²) >= 11 is 9.75. The van der Waals surface area contributed by atoms with Crippen molar-refractivity contribution in [2.24, 2.45) is 5.92 Å². The third kappa shape index (κ3) is 3.21. The molecule has 1 aromatic heterocycles. The number of aryl methyl sites for hydroxylation is 2. The summed E-state index contributed by atoms with van der Waals surface area (Å²) in [6.07, 6.45) is 0.876. The Labute approximate surface area is 133 Å². The lowest BCUT2D eigenvalue weighted by atomic mass is 10.0. The minimum absolute atomic E-state index is 0.480. The van der Waals surface area contributed by atoms with E-state index in [2.05, 4.69) is 60.7 Å². The Hall–Kier alpha value is -0.930. The molecule has 1 aromatic carbocycles. The number of hydrogen-bond acceptors (Lipinski definition) is 2. The van der Waals surface area contributed by atoms with Gasteiger partial charge in [0.2, 0.25) is 0 Å². The molecule has 0 aliphatic heterocycles. The Balaban J connectivity index is 2.61. The second kappa shape index (κ2) is 6.23. The molecule has 4 heteroatoms. The van der Waals surface area contributed by atoms with Gasteiger partial charge in [0.15, 0.2) is 5.82 Å². The van der Waals surface area contributed by atoms with Crippen molar-refractivity contribution in [3.05, 3.63) is 44.6 Å². The first-order valence-electron chi connectivity index (χ1n) is 6.68. The highest BCUT2D eigenvalue weighted by Crippen LogP contribution is 2.31. The van der Waals surface area contributed by atoms with Crippen molar-refractivity contribution in [2.75, 3.05) is 0 Å². The van der Waals surface area contributed by atoms with Crippen molar-refractivity contribution in [3.8, 4) is 11.4 Å². The molecule has 0 N–H and O–H groups in total. The largest absolute Gasteiger partial charge is 0.232 e. The van der Waals surface area contributed by atoms with E-state index in [1.54, 1.807) is 0 Å². The lowest BCUT2D eigenvalue weighted by Crippen LogP contribution is -2.04. The Bertz CT molecular complexity index is 618. The minimum atomic E-state index is 0.480. The van der Waals surface area contributed by atoms with Gasteiger partial charge in [0, 0.05) is 5.56 Å². The van der Waals surface area contributed by atoms with Crippen LogP contribution in [0.25, 0.3) is 11.4 Å². The van der Waals surface area contributed by atoms with Gasteiger partial charge in [0.1, 0.15) is 5.15 Å². The van der Waals surface area contributed by atoms with E-state index in [1.807, 2.05) is 6.07 Å². The molecule has 0 fully saturated rings. The monoisotopic (exact) mass is 352 g/mol. The van der Waals surface area contributed by atoms with Crippen LogP contribution in [0.2, 0.25) is 5.15 Å². The number of halogens is 2. The first-order chi connectivity index (χ1) is 9.40. The van der Waals surface area contributed by atoms with E-state index >= 15 is 0 Å². The topological polar surface area (TPSA) is 25.8 Å². The van der Waals surface area contributed by atoms with E-state index < -0.39 is 0 Å². The van der Waals surface area contributed by atoms with Gasteiger partial charge < -0.3 is 0 Å². The molecule has 0 bridgehead atoms. The van der Waals surface area contributed by atoms with Crippen molar-refractivity contribution in [1.29, 1.82) is 0 Å². The van der Waals surface area contributed by atoms with E-state index in [0.717, 1.165) is 22.2 Å². The zero-order valence-corrected chi connectivity index (χ0v) is 14.5. The fourth-order valence-electron chi connectivity index (χ4n) is 2.26. The van der Waals surface area contributed by atoms with E-state index in [9.17, 15) is 0 Å². The minimum Gasteiger partial charge on any atom is -0.232 e. The maximum Gasteiger partial charge on any atom is 0.161 e. The Morgan fingerprint density at radius 1 is 1.15 bits per heavy atom. The summed E-state index contributed by atoms with van der Waals surface area (Å²) in [5, 5.41) is 0.480. The van der Waals surface area contributed by atoms with Crippen LogP contribution in [0.4, 0.5) is 0 Å². The number of aromatic nitrogens is 2. The highest BCUT2D eigenvalue weighted by molar-refractivity contribution is 9.10. The number of hydrogen-bond donors (Lipinski definition) is 0. The maximum absolute atomic E-state index is 6.26. The molecule has 106 valence electrons. The van der Waals surface area contributed by atoms with E-state index in [0.29, 0.717) is 16.9 Å². The predicted octanol–water partition coefficient (Wildman–Crippen LogP) is 5.37. The van der Waals surface area contributed by atoms with Gasteiger partial charge in [0.05, 0.1) is 10.2 Å². The van der Waals surface area contributed by atoms with E-state index in [-0.39, 0.29) is 0 Å². The van der Waals surface area contributed by atoms with Crippen molar-refractivity contribution >= 4 is 27.5 Å². The average Bonchev–Trinajstić information content (AvgIpc) is 2.34. The van der Waals surface area contributed by atoms with Gasteiger partial charge in [-0.05, 0) is 53.2 Å². The van der Waals surface area contributed by atoms with Crippen LogP contribution in [0.1, 0.15) is 30.7 Å². The summed E-state index contributed by atoms with van der Waals surface area (Å²) in [7, 11) is 0. The van der Waals surface area contributed by atoms with Crippen LogP contribution in [0.5, 0.6) is 0 Å². The van der Waals surface area contributed by atoms with Gasteiger partial charge in [-0.2, -0.15) is 0 Å². The van der Waals surface area contributed by atoms with E-state index in [4.69, 9.17) is 16.6 Å². The molecule has 1 heterocycles. The summed E-state index contributed by atoms with van der Waals surface area (Å²) in [6.45, 7) is 8.48. The molecule has 0 aliphatic rings. The molecule has 2 nitrogen and oxygen atoms in total. The van der Waals surface area contributed by atoms with Gasteiger partial charge in [0.25, 0.3) is 0 Å². The molecule has 0 unspecified atom stereocenters. The first kappa shape index (κ1) is 15.5. The molecular weight excluding hydrogens is 336 g/mol. The molecule has 2 rings (SSSR count). The first-order valence-corrected chi connectivity index (χ1v) is 7.85. The molecule has 0 atom stereocenters. The number of nitrogens with zero attached hydrogens (tertiary/aromatic N) is 2. The van der Waals surface area contributed by atoms with Crippen LogP contribution in [0.3, 0.4) is 0 Å². The van der Waals surface area contributed by atoms with Crippen molar-refractivity contribution in [1.82, 2.24) is 9.97 Å². The number of benzene rings is 1. The SMILES string of the molecule is Cc1cccc(C)c1-c1nc(Cl)c(Br)c(CC(C)C)n1. The van der Waals surface area contributed by atoms with Gasteiger partial charge in [-0.25, -0.2) is 9.97 Å². The molecule has 0 aliphatic carbocycles. The van der Waals surface area contributed by atoms with Crippen LogP contribution in [0, 0.1) is 19.8 Å². The third-order valence-electron chi connectivity index (χ3n) is 3.19. The quantitative estimate of drug-likeness (QED) is 0.693. The van der Waals surface area contributed by atoms with Crippen molar-refractivity contribution in [2.45, 2.75) is 34.1 Å². The third-order valence-corrected chi connectivity index (χ3v) is 4.52. The van der Waals surface area contributed by atoms with Crippen LogP contribution in [0.15, 0.2) is 22.7 Å². The molecule has 0 spiro atoms. The highest BCUT2D eigenvalue weighted by atomic mass is 79.9. The lowest BCUT2D eigenvalue weighted by molar-refractivity contribution is 0.632. The molecular formula is C16H18BrClN2. The average molecular weight is 354 g/mol. The van der Waals surface area contributed by atoms with Gasteiger partial charge in [-0.1, -0.05) is 43.6 Å². The summed E-state index contributed by atoms with van der Waals surface area (Å²) < 4.78 is 0.808. The second-order valence-electron chi connectivity index (χ2n) is 5.46. The fraction of sp³-hybridized carbons (Fsp3) is 0.375. The van der Waals surface area contributed by atoms with Gasteiger partial charge >= 0.3 is 0 Å². The summed E-state index contributed by atoms with van der Waals surface area (Å²) in [4.78, 5) is 9.16. The van der Waals surface area contributed by atoms with Crippen molar-refractivity contribution < 1.29 is 0 Å². The molecule has 0 saturated heterocycles. The smallest absolute Gasteiger partial charge is 0.161 e. The standard InChI is InChI=1S/C16H18BrClN2/c1-9(2)8-12-14(17)15(18)20-16(19-12)13-10(3)6-5-7-11(13)4/h5-7,9H,8H2,1-4H3. The Kier molecular flexibility index (Phi) is 4.82. The molecule has 0 radical (unpaired) electrons. The van der Waals surface area contributed by atoms with Crippen LogP contribution < -0.4 is 0 Å². The van der Waals surface area contributed by atoms with Crippen molar-refractivity contribution in [3.63, 3.8) is 0 Å². The van der Waals surface area contributed by atoms with E-state index in [1.165, 1.54) is 11.1 Å². The predicted molar refractivity (Wildman–Crippen MR) is 88.2 cm³/mol. The molecule has 20 heavy (non-hydrogen) atoms. The van der Waals surface area contributed by atoms with Crippen LogP contribution in [-0.2, 0) is 6.42 Å². The highest BCUT2D eigenvalue weighted by Gasteiger charge is 2.15. The van der Waals surface area contributed by atoms with Crippen LogP contribution in [-0.4, -0.2) is 9.97 Å². The Morgan fingerprint density at radius 2 is 1.75 bits per heavy atom. The van der Waals surface area contributed by atoms with Gasteiger partial charge in [-0.3, -0.25) is 0 Å². The maximum atomic E-state index is 6.26. The fourth-order valence-corrected chi connectivity index (χ4v) is 2.79. The lowest BCUT2D eigenvalue weighted by Gasteiger charge is -2.13. The second-order valence-corrected chi connectivity index (χ2v) is 6.61. The zero-order chi connectivity index (χ0) is 14.9. The van der Waals surface area contributed by atoms with Crippen LogP contribution >= 0.6 is 27.5 Å². The molecule has 2 aromatic rings.